The quantitative estimate of drug-likeness (QED) is 0.764. The molecule has 1 amide bonds. The average Bonchev–Trinajstić information content (AvgIpc) is 2.36. The summed E-state index contributed by atoms with van der Waals surface area (Å²) in [5.74, 6) is 0. The first kappa shape index (κ1) is 15.9. The fourth-order valence-corrected chi connectivity index (χ4v) is 3.04. The molecule has 1 atom stereocenters. The lowest BCUT2D eigenvalue weighted by Gasteiger charge is -2.16. The molecule has 0 aliphatic heterocycles. The van der Waals surface area contributed by atoms with Crippen LogP contribution in [0.15, 0.2) is 30.3 Å². The molecule has 6 nitrogen and oxygen atoms in total. The number of rotatable bonds is 6. The maximum Gasteiger partial charge on any atom is 0.421 e. The minimum atomic E-state index is -3.97. The van der Waals surface area contributed by atoms with Crippen molar-refractivity contribution in [2.24, 2.45) is 0 Å². The fourth-order valence-electron chi connectivity index (χ4n) is 1.36. The van der Waals surface area contributed by atoms with Gasteiger partial charge in [0.15, 0.2) is 0 Å². The van der Waals surface area contributed by atoms with E-state index < -0.39 is 22.3 Å². The van der Waals surface area contributed by atoms with Gasteiger partial charge in [-0.2, -0.15) is 13.1 Å². The topological polar surface area (TPSA) is 84.5 Å². The molecule has 2 N–H and O–H groups in total. The first-order valence-electron chi connectivity index (χ1n) is 5.56. The molecule has 0 aromatic heterocycles. The van der Waals surface area contributed by atoms with Gasteiger partial charge in [0.1, 0.15) is 0 Å². The van der Waals surface area contributed by atoms with Crippen molar-refractivity contribution in [3.05, 3.63) is 35.9 Å². The predicted molar refractivity (Wildman–Crippen MR) is 75.2 cm³/mol. The van der Waals surface area contributed by atoms with E-state index in [1.165, 1.54) is 0 Å². The Bertz CT molecular complexity index is 507. The maximum atomic E-state index is 11.7. The summed E-state index contributed by atoms with van der Waals surface area (Å²) in [6.45, 7) is 1.69. The monoisotopic (exact) mass is 350 g/mol. The second-order valence-corrected chi connectivity index (χ2v) is 5.66. The standard InChI is InChI=1S/C11H15BrN2O4S/c1-2-18-11(15)14-19(16,17)13-10(8-12)9-6-4-3-5-7-9/h3-7,10,13H,2,8H2,1H3,(H,14,15). The van der Waals surface area contributed by atoms with Gasteiger partial charge in [-0.15, -0.1) is 0 Å². The Morgan fingerprint density at radius 2 is 2.00 bits per heavy atom. The summed E-state index contributed by atoms with van der Waals surface area (Å²) in [6, 6.07) is 8.54. The molecule has 0 radical (unpaired) electrons. The number of halogens is 1. The van der Waals surface area contributed by atoms with Gasteiger partial charge in [-0.05, 0) is 12.5 Å². The van der Waals surface area contributed by atoms with E-state index in [1.807, 2.05) is 6.07 Å². The van der Waals surface area contributed by atoms with E-state index in [0.717, 1.165) is 5.56 Å². The minimum absolute atomic E-state index is 0.0991. The van der Waals surface area contributed by atoms with Gasteiger partial charge >= 0.3 is 16.3 Å². The number of nitrogens with one attached hydrogen (secondary N) is 2. The van der Waals surface area contributed by atoms with E-state index in [2.05, 4.69) is 25.4 Å². The zero-order valence-corrected chi connectivity index (χ0v) is 12.7. The Morgan fingerprint density at radius 3 is 2.53 bits per heavy atom. The van der Waals surface area contributed by atoms with Crippen molar-refractivity contribution in [1.82, 2.24) is 9.44 Å². The van der Waals surface area contributed by atoms with Crippen LogP contribution in [-0.4, -0.2) is 26.4 Å². The summed E-state index contributed by atoms with van der Waals surface area (Å²) in [5, 5.41) is 0.376. The highest BCUT2D eigenvalue weighted by atomic mass is 79.9. The second-order valence-electron chi connectivity index (χ2n) is 3.56. The summed E-state index contributed by atoms with van der Waals surface area (Å²) < 4.78 is 32.1. The first-order chi connectivity index (χ1) is 8.98. The predicted octanol–water partition coefficient (Wildman–Crippen LogP) is 1.70. The van der Waals surface area contributed by atoms with Gasteiger partial charge in [-0.1, -0.05) is 46.3 Å². The lowest BCUT2D eigenvalue weighted by atomic mass is 10.1. The Morgan fingerprint density at radius 1 is 1.37 bits per heavy atom. The molecule has 8 heteroatoms. The lowest BCUT2D eigenvalue weighted by Crippen LogP contribution is -2.42. The van der Waals surface area contributed by atoms with Crippen molar-refractivity contribution in [3.63, 3.8) is 0 Å². The second kappa shape index (κ2) is 7.46. The molecule has 0 heterocycles. The number of benzene rings is 1. The van der Waals surface area contributed by atoms with Crippen molar-refractivity contribution in [2.75, 3.05) is 11.9 Å². The van der Waals surface area contributed by atoms with Crippen molar-refractivity contribution >= 4 is 32.2 Å². The average molecular weight is 351 g/mol. The van der Waals surface area contributed by atoms with Crippen LogP contribution >= 0.6 is 15.9 Å². The highest BCUT2D eigenvalue weighted by Gasteiger charge is 2.20. The number of carbonyl (C=O) groups is 1. The Hall–Kier alpha value is -1.12. The van der Waals surface area contributed by atoms with Crippen molar-refractivity contribution < 1.29 is 17.9 Å². The first-order valence-corrected chi connectivity index (χ1v) is 8.16. The Labute approximate surface area is 120 Å². The third-order valence-corrected chi connectivity index (χ3v) is 3.82. The number of alkyl halides is 1. The molecule has 1 aromatic rings. The van der Waals surface area contributed by atoms with Crippen molar-refractivity contribution in [3.8, 4) is 0 Å². The van der Waals surface area contributed by atoms with E-state index in [0.29, 0.717) is 5.33 Å². The number of amides is 1. The summed E-state index contributed by atoms with van der Waals surface area (Å²) in [4.78, 5) is 11.1. The summed E-state index contributed by atoms with van der Waals surface area (Å²) in [6.07, 6.45) is -1.00. The molecule has 0 fully saturated rings. The van der Waals surface area contributed by atoms with Gasteiger partial charge in [0.2, 0.25) is 0 Å². The third kappa shape index (κ3) is 5.58. The fraction of sp³-hybridized carbons (Fsp3) is 0.364. The van der Waals surface area contributed by atoms with E-state index in [1.54, 1.807) is 35.9 Å². The van der Waals surface area contributed by atoms with E-state index >= 15 is 0 Å². The minimum Gasteiger partial charge on any atom is -0.449 e. The molecular formula is C11H15BrN2O4S. The zero-order valence-electron chi connectivity index (χ0n) is 10.3. The van der Waals surface area contributed by atoms with Crippen LogP contribution < -0.4 is 9.44 Å². The van der Waals surface area contributed by atoms with Gasteiger partial charge in [-0.25, -0.2) is 9.52 Å². The molecule has 19 heavy (non-hydrogen) atoms. The number of hydrogen-bond acceptors (Lipinski definition) is 4. The molecule has 1 aromatic carbocycles. The normalized spacial score (nSPS) is 12.7. The maximum absolute atomic E-state index is 11.7. The molecule has 0 bridgehead atoms. The van der Waals surface area contributed by atoms with Crippen LogP contribution in [0.5, 0.6) is 0 Å². The van der Waals surface area contributed by atoms with Crippen molar-refractivity contribution in [2.45, 2.75) is 13.0 Å². The molecule has 1 unspecified atom stereocenters. The van der Waals surface area contributed by atoms with Gasteiger partial charge in [0.05, 0.1) is 12.6 Å². The molecule has 0 spiro atoms. The zero-order chi connectivity index (χ0) is 14.3. The highest BCUT2D eigenvalue weighted by molar-refractivity contribution is 9.09. The van der Waals surface area contributed by atoms with Crippen LogP contribution in [-0.2, 0) is 14.9 Å². The van der Waals surface area contributed by atoms with Crippen LogP contribution in [0.2, 0.25) is 0 Å². The van der Waals surface area contributed by atoms with Crippen LogP contribution in [0.4, 0.5) is 4.79 Å². The van der Waals surface area contributed by atoms with Gasteiger partial charge < -0.3 is 4.74 Å². The highest BCUT2D eigenvalue weighted by Crippen LogP contribution is 2.15. The Kier molecular flexibility index (Phi) is 6.26. The van der Waals surface area contributed by atoms with Crippen molar-refractivity contribution in [1.29, 1.82) is 0 Å². The van der Waals surface area contributed by atoms with Crippen LogP contribution in [0.25, 0.3) is 0 Å². The molecule has 0 saturated carbocycles. The number of carbonyl (C=O) groups excluding carboxylic acids is 1. The molecule has 0 saturated heterocycles. The molecule has 0 aliphatic rings. The smallest absolute Gasteiger partial charge is 0.421 e. The summed E-state index contributed by atoms with van der Waals surface area (Å²) in [7, 11) is -3.97. The Balaban J connectivity index is 2.73. The van der Waals surface area contributed by atoms with E-state index in [4.69, 9.17) is 0 Å². The number of hydrogen-bond donors (Lipinski definition) is 2. The van der Waals surface area contributed by atoms with E-state index in [-0.39, 0.29) is 6.61 Å². The largest absolute Gasteiger partial charge is 0.449 e. The molecular weight excluding hydrogens is 336 g/mol. The third-order valence-electron chi connectivity index (χ3n) is 2.15. The van der Waals surface area contributed by atoms with Crippen LogP contribution in [0.3, 0.4) is 0 Å². The van der Waals surface area contributed by atoms with Gasteiger partial charge in [-0.3, -0.25) is 0 Å². The molecule has 106 valence electrons. The molecule has 1 rings (SSSR count). The number of ether oxygens (including phenoxy) is 1. The van der Waals surface area contributed by atoms with Gasteiger partial charge in [0, 0.05) is 5.33 Å². The van der Waals surface area contributed by atoms with Crippen LogP contribution in [0.1, 0.15) is 18.5 Å². The van der Waals surface area contributed by atoms with Crippen LogP contribution in [0, 0.1) is 0 Å². The van der Waals surface area contributed by atoms with Gasteiger partial charge in [0.25, 0.3) is 0 Å². The summed E-state index contributed by atoms with van der Waals surface area (Å²) >= 11 is 3.23. The molecule has 0 aliphatic carbocycles. The summed E-state index contributed by atoms with van der Waals surface area (Å²) in [5.41, 5.74) is 0.786. The van der Waals surface area contributed by atoms with E-state index in [9.17, 15) is 13.2 Å². The SMILES string of the molecule is CCOC(=O)NS(=O)(=O)NC(CBr)c1ccccc1. The lowest BCUT2D eigenvalue weighted by molar-refractivity contribution is 0.158.